The third-order valence-electron chi connectivity index (χ3n) is 5.42. The van der Waals surface area contributed by atoms with Crippen molar-refractivity contribution < 1.29 is 23.4 Å². The molecule has 29 heavy (non-hydrogen) atoms. The van der Waals surface area contributed by atoms with Crippen LogP contribution in [0.3, 0.4) is 0 Å². The highest BCUT2D eigenvalue weighted by atomic mass is 19.4. The van der Waals surface area contributed by atoms with Gasteiger partial charge in [0.1, 0.15) is 0 Å². The van der Waals surface area contributed by atoms with Crippen LogP contribution >= 0.6 is 0 Å². The minimum atomic E-state index is -4.43. The minimum absolute atomic E-state index is 0.0223. The third kappa shape index (κ3) is 5.12. The fraction of sp³-hybridized carbons (Fsp3) is 0.524. The summed E-state index contributed by atoms with van der Waals surface area (Å²) >= 11 is 0. The van der Waals surface area contributed by atoms with E-state index in [1.54, 1.807) is 12.1 Å². The number of hydrogen-bond donors (Lipinski definition) is 3. The molecule has 0 aliphatic heterocycles. The number of rotatable bonds is 6. The third-order valence-corrected chi connectivity index (χ3v) is 5.42. The molecule has 0 bridgehead atoms. The van der Waals surface area contributed by atoms with Crippen molar-refractivity contribution in [2.75, 3.05) is 6.61 Å². The molecule has 3 N–H and O–H groups in total. The molecule has 3 rings (SSSR count). The second-order valence-electron chi connectivity index (χ2n) is 7.90. The molecule has 0 spiro atoms. The van der Waals surface area contributed by atoms with Crippen LogP contribution in [0.15, 0.2) is 36.5 Å². The molecule has 8 heteroatoms. The quantitative estimate of drug-likeness (QED) is 0.684. The van der Waals surface area contributed by atoms with Crippen molar-refractivity contribution >= 4 is 0 Å². The van der Waals surface area contributed by atoms with E-state index in [-0.39, 0.29) is 36.4 Å². The van der Waals surface area contributed by atoms with Crippen LogP contribution in [0.5, 0.6) is 0 Å². The average Bonchev–Trinajstić information content (AvgIpc) is 2.95. The summed E-state index contributed by atoms with van der Waals surface area (Å²) in [6.07, 6.45) is -2.48. The normalized spacial score (nSPS) is 25.0. The van der Waals surface area contributed by atoms with Crippen molar-refractivity contribution in [2.24, 2.45) is 11.8 Å². The molecule has 0 radical (unpaired) electrons. The van der Waals surface area contributed by atoms with Gasteiger partial charge < -0.3 is 15.5 Å². The summed E-state index contributed by atoms with van der Waals surface area (Å²) in [5.41, 5.74) is 0.216. The van der Waals surface area contributed by atoms with E-state index >= 15 is 0 Å². The Morgan fingerprint density at radius 1 is 1.21 bits per heavy atom. The molecule has 1 aromatic heterocycles. The lowest BCUT2D eigenvalue weighted by Gasteiger charge is -2.26. The molecule has 1 aliphatic rings. The zero-order valence-electron chi connectivity index (χ0n) is 16.4. The van der Waals surface area contributed by atoms with E-state index < -0.39 is 17.8 Å². The molecule has 0 amide bonds. The highest BCUT2D eigenvalue weighted by Gasteiger charge is 2.42. The summed E-state index contributed by atoms with van der Waals surface area (Å²) in [5, 5.41) is 23.5. The monoisotopic (exact) mass is 409 g/mol. The predicted octanol–water partition coefficient (Wildman–Crippen LogP) is 3.06. The van der Waals surface area contributed by atoms with Crippen LogP contribution in [0.25, 0.3) is 11.4 Å². The van der Waals surface area contributed by atoms with E-state index in [9.17, 15) is 23.4 Å². The van der Waals surface area contributed by atoms with Crippen molar-refractivity contribution in [3.8, 4) is 11.4 Å². The van der Waals surface area contributed by atoms with Gasteiger partial charge in [0.15, 0.2) is 5.82 Å². The van der Waals surface area contributed by atoms with Crippen molar-refractivity contribution in [2.45, 2.75) is 51.1 Å². The van der Waals surface area contributed by atoms with Gasteiger partial charge in [0, 0.05) is 42.1 Å². The first-order valence-electron chi connectivity index (χ1n) is 9.73. The van der Waals surface area contributed by atoms with Gasteiger partial charge in [0.05, 0.1) is 11.7 Å². The van der Waals surface area contributed by atoms with E-state index in [0.29, 0.717) is 24.1 Å². The van der Waals surface area contributed by atoms with Crippen molar-refractivity contribution in [3.63, 3.8) is 0 Å². The maximum atomic E-state index is 13.0. The maximum Gasteiger partial charge on any atom is 0.416 e. The minimum Gasteiger partial charge on any atom is -0.396 e. The highest BCUT2D eigenvalue weighted by Crippen LogP contribution is 2.35. The van der Waals surface area contributed by atoms with Crippen molar-refractivity contribution in [3.05, 3.63) is 47.8 Å². The standard InChI is InChI=1S/C21H26F3N3O2/c1-12(2)26-18-10-19(29)17(11-28)16(18)9-15-6-7-25-20(27-15)13-4-3-5-14(8-13)21(22,23)24/h3-8,12,16-19,26,28-29H,9-11H2,1-2H3. The fourth-order valence-corrected chi connectivity index (χ4v) is 4.09. The number of aliphatic hydroxyl groups is 2. The molecular weight excluding hydrogens is 383 g/mol. The first-order valence-corrected chi connectivity index (χ1v) is 9.73. The molecule has 4 atom stereocenters. The molecule has 1 fully saturated rings. The Balaban J connectivity index is 1.85. The summed E-state index contributed by atoms with van der Waals surface area (Å²) in [6.45, 7) is 3.91. The zero-order valence-corrected chi connectivity index (χ0v) is 16.4. The number of aromatic nitrogens is 2. The molecule has 1 heterocycles. The number of nitrogens with one attached hydrogen (secondary N) is 1. The number of nitrogens with zero attached hydrogens (tertiary/aromatic N) is 2. The van der Waals surface area contributed by atoms with Gasteiger partial charge in [0.2, 0.25) is 0 Å². The molecular formula is C21H26F3N3O2. The molecule has 1 aliphatic carbocycles. The number of aliphatic hydroxyl groups excluding tert-OH is 2. The Labute approximate surface area is 168 Å². The second-order valence-corrected chi connectivity index (χ2v) is 7.90. The Kier molecular flexibility index (Phi) is 6.55. The topological polar surface area (TPSA) is 78.3 Å². The van der Waals surface area contributed by atoms with Gasteiger partial charge in [-0.2, -0.15) is 13.2 Å². The number of halogens is 3. The van der Waals surface area contributed by atoms with Crippen LogP contribution in [0.1, 0.15) is 31.5 Å². The second kappa shape index (κ2) is 8.77. The largest absolute Gasteiger partial charge is 0.416 e. The van der Waals surface area contributed by atoms with Crippen LogP contribution in [0.4, 0.5) is 13.2 Å². The number of alkyl halides is 3. The van der Waals surface area contributed by atoms with Gasteiger partial charge in [0.25, 0.3) is 0 Å². The van der Waals surface area contributed by atoms with Crippen LogP contribution in [-0.2, 0) is 12.6 Å². The van der Waals surface area contributed by atoms with Crippen LogP contribution < -0.4 is 5.32 Å². The molecule has 5 nitrogen and oxygen atoms in total. The van der Waals surface area contributed by atoms with Crippen LogP contribution in [0.2, 0.25) is 0 Å². The molecule has 158 valence electrons. The van der Waals surface area contributed by atoms with Gasteiger partial charge in [-0.3, -0.25) is 0 Å². The van der Waals surface area contributed by atoms with Gasteiger partial charge in [-0.05, 0) is 37.0 Å². The van der Waals surface area contributed by atoms with Gasteiger partial charge >= 0.3 is 6.18 Å². The molecule has 1 aromatic carbocycles. The van der Waals surface area contributed by atoms with Gasteiger partial charge in [-0.1, -0.05) is 26.0 Å². The summed E-state index contributed by atoms with van der Waals surface area (Å²) < 4.78 is 39.0. The van der Waals surface area contributed by atoms with Crippen LogP contribution in [0, 0.1) is 11.8 Å². The number of benzene rings is 1. The SMILES string of the molecule is CC(C)NC1CC(O)C(CO)C1Cc1ccnc(-c2cccc(C(F)(F)F)c2)n1. The van der Waals surface area contributed by atoms with Crippen molar-refractivity contribution in [1.82, 2.24) is 15.3 Å². The van der Waals surface area contributed by atoms with Gasteiger partial charge in [-0.15, -0.1) is 0 Å². The molecule has 1 saturated carbocycles. The van der Waals surface area contributed by atoms with E-state index in [2.05, 4.69) is 15.3 Å². The lowest BCUT2D eigenvalue weighted by atomic mass is 9.88. The van der Waals surface area contributed by atoms with E-state index in [1.165, 1.54) is 12.3 Å². The van der Waals surface area contributed by atoms with Crippen molar-refractivity contribution in [1.29, 1.82) is 0 Å². The Morgan fingerprint density at radius 2 is 1.97 bits per heavy atom. The summed E-state index contributed by atoms with van der Waals surface area (Å²) in [7, 11) is 0. The fourth-order valence-electron chi connectivity index (χ4n) is 4.09. The van der Waals surface area contributed by atoms with E-state index in [1.807, 2.05) is 13.8 Å². The highest BCUT2D eigenvalue weighted by molar-refractivity contribution is 5.56. The zero-order chi connectivity index (χ0) is 21.2. The smallest absolute Gasteiger partial charge is 0.396 e. The Morgan fingerprint density at radius 3 is 2.62 bits per heavy atom. The predicted molar refractivity (Wildman–Crippen MR) is 103 cm³/mol. The lowest BCUT2D eigenvalue weighted by molar-refractivity contribution is -0.137. The summed E-state index contributed by atoms with van der Waals surface area (Å²) in [5.74, 6) is -0.0963. The first kappa shape index (κ1) is 21.7. The van der Waals surface area contributed by atoms with E-state index in [4.69, 9.17) is 0 Å². The summed E-state index contributed by atoms with van der Waals surface area (Å²) in [4.78, 5) is 8.60. The number of hydrogen-bond acceptors (Lipinski definition) is 5. The van der Waals surface area contributed by atoms with E-state index in [0.717, 1.165) is 12.1 Å². The maximum absolute atomic E-state index is 13.0. The first-order chi connectivity index (χ1) is 13.7. The van der Waals surface area contributed by atoms with Crippen LogP contribution in [-0.4, -0.2) is 45.0 Å². The summed E-state index contributed by atoms with van der Waals surface area (Å²) in [6, 6.07) is 6.91. The Bertz CT molecular complexity index is 829. The Hall–Kier alpha value is -2.03. The van der Waals surface area contributed by atoms with Gasteiger partial charge in [-0.25, -0.2) is 9.97 Å². The molecule has 4 unspecified atom stereocenters. The molecule has 0 saturated heterocycles. The lowest BCUT2D eigenvalue weighted by Crippen LogP contribution is -2.40. The molecule has 2 aromatic rings. The average molecular weight is 409 g/mol.